The Kier molecular flexibility index (Phi) is 7.36. The minimum atomic E-state index is -0.404. The van der Waals surface area contributed by atoms with Gasteiger partial charge in [-0.3, -0.25) is 4.68 Å². The summed E-state index contributed by atoms with van der Waals surface area (Å²) in [4.78, 5) is 12.9. The van der Waals surface area contributed by atoms with Crippen LogP contribution >= 0.6 is 0 Å². The zero-order chi connectivity index (χ0) is 27.6. The van der Waals surface area contributed by atoms with Crippen LogP contribution in [0.25, 0.3) is 16.8 Å². The molecule has 0 aliphatic heterocycles. The van der Waals surface area contributed by atoms with Gasteiger partial charge in [0.2, 0.25) is 0 Å². The molecule has 2 aromatic heterocycles. The lowest BCUT2D eigenvalue weighted by Crippen LogP contribution is -2.15. The summed E-state index contributed by atoms with van der Waals surface area (Å²) in [5, 5.41) is 12.9. The first kappa shape index (κ1) is 26.2. The number of esters is 1. The minimum Gasteiger partial charge on any atom is -0.490 e. The molecule has 0 bridgehead atoms. The molecule has 2 aromatic carbocycles. The van der Waals surface area contributed by atoms with Crippen LogP contribution in [0.2, 0.25) is 0 Å². The van der Waals surface area contributed by atoms with E-state index in [1.165, 1.54) is 19.3 Å². The number of rotatable bonds is 9. The predicted octanol–water partition coefficient (Wildman–Crippen LogP) is 6.21. The molecular weight excluding hydrogens is 509 g/mol. The first-order valence-corrected chi connectivity index (χ1v) is 14.2. The lowest BCUT2D eigenvalue weighted by molar-refractivity contribution is 0.0525. The molecule has 0 amide bonds. The molecule has 2 fully saturated rings. The summed E-state index contributed by atoms with van der Waals surface area (Å²) in [7, 11) is 1.84. The number of ether oxygens (including phenoxy) is 2. The maximum absolute atomic E-state index is 15.7. The van der Waals surface area contributed by atoms with E-state index in [0.29, 0.717) is 29.2 Å². The van der Waals surface area contributed by atoms with Gasteiger partial charge < -0.3 is 9.47 Å². The normalized spacial score (nSPS) is 19.0. The minimum absolute atomic E-state index is 0.0375. The molecule has 208 valence electrons. The van der Waals surface area contributed by atoms with E-state index < -0.39 is 5.97 Å². The van der Waals surface area contributed by atoms with Gasteiger partial charge in [-0.05, 0) is 55.9 Å². The largest absolute Gasteiger partial charge is 0.490 e. The number of hydrogen-bond acceptors (Lipinski definition) is 6. The van der Waals surface area contributed by atoms with Crippen molar-refractivity contribution in [3.63, 3.8) is 0 Å². The zero-order valence-electron chi connectivity index (χ0n) is 22.9. The molecule has 2 heterocycles. The zero-order valence-corrected chi connectivity index (χ0v) is 22.9. The Bertz CT molecular complexity index is 1510. The average molecular weight is 544 g/mol. The topological polar surface area (TPSA) is 84.1 Å². The maximum Gasteiger partial charge on any atom is 0.341 e. The second kappa shape index (κ2) is 11.2. The number of benzene rings is 2. The number of hydrogen-bond donors (Lipinski definition) is 0. The van der Waals surface area contributed by atoms with E-state index in [9.17, 15) is 4.79 Å². The summed E-state index contributed by atoms with van der Waals surface area (Å²) in [6.07, 6.45) is 10.3. The van der Waals surface area contributed by atoms with Gasteiger partial charge in [-0.2, -0.15) is 5.10 Å². The van der Waals surface area contributed by atoms with Crippen LogP contribution in [0.15, 0.2) is 54.9 Å². The summed E-state index contributed by atoms with van der Waals surface area (Å²) >= 11 is 0. The molecule has 2 aliphatic rings. The van der Waals surface area contributed by atoms with E-state index in [4.69, 9.17) is 9.47 Å². The molecule has 6 rings (SSSR count). The molecule has 4 aromatic rings. The van der Waals surface area contributed by atoms with E-state index in [2.05, 4.69) is 15.4 Å². The molecule has 0 spiro atoms. The Hall–Kier alpha value is -4.01. The summed E-state index contributed by atoms with van der Waals surface area (Å²) in [5.74, 6) is 0.168. The number of aromatic nitrogens is 5. The highest BCUT2D eigenvalue weighted by atomic mass is 19.1. The molecule has 2 saturated carbocycles. The Balaban J connectivity index is 1.31. The molecule has 0 radical (unpaired) electrons. The van der Waals surface area contributed by atoms with Gasteiger partial charge in [-0.25, -0.2) is 13.9 Å². The van der Waals surface area contributed by atoms with Gasteiger partial charge in [-0.15, -0.1) is 5.10 Å². The monoisotopic (exact) mass is 543 g/mol. The van der Waals surface area contributed by atoms with Gasteiger partial charge in [-0.1, -0.05) is 48.7 Å². The lowest BCUT2D eigenvalue weighted by atomic mass is 9.90. The van der Waals surface area contributed by atoms with Crippen LogP contribution in [0.3, 0.4) is 0 Å². The van der Waals surface area contributed by atoms with Crippen LogP contribution in [0.1, 0.15) is 79.0 Å². The maximum atomic E-state index is 15.7. The van der Waals surface area contributed by atoms with Crippen molar-refractivity contribution in [1.29, 1.82) is 0 Å². The van der Waals surface area contributed by atoms with Crippen LogP contribution in [0, 0.1) is 11.7 Å². The van der Waals surface area contributed by atoms with Crippen molar-refractivity contribution in [2.45, 2.75) is 57.3 Å². The van der Waals surface area contributed by atoms with Crippen LogP contribution < -0.4 is 4.74 Å². The molecule has 0 N–H and O–H groups in total. The van der Waals surface area contributed by atoms with Gasteiger partial charge in [0.1, 0.15) is 5.56 Å². The number of nitrogens with zero attached hydrogens (tertiary/aromatic N) is 5. The van der Waals surface area contributed by atoms with Gasteiger partial charge in [0.05, 0.1) is 36.5 Å². The quantitative estimate of drug-likeness (QED) is 0.233. The highest BCUT2D eigenvalue weighted by Crippen LogP contribution is 2.55. The van der Waals surface area contributed by atoms with Crippen molar-refractivity contribution < 1.29 is 18.7 Å². The summed E-state index contributed by atoms with van der Waals surface area (Å²) in [6.45, 7) is 2.60. The van der Waals surface area contributed by atoms with Crippen molar-refractivity contribution >= 4 is 5.97 Å². The molecule has 2 aliphatic carbocycles. The van der Waals surface area contributed by atoms with Crippen LogP contribution in [0.4, 0.5) is 4.39 Å². The van der Waals surface area contributed by atoms with Crippen LogP contribution in [-0.4, -0.2) is 44.0 Å². The number of carbonyl (C=O) groups excluding carboxylic acids is 1. The van der Waals surface area contributed by atoms with Gasteiger partial charge in [0.15, 0.2) is 11.6 Å². The second-order valence-electron chi connectivity index (χ2n) is 10.8. The summed E-state index contributed by atoms with van der Waals surface area (Å²) in [6, 6.07) is 12.9. The Labute approximate surface area is 233 Å². The molecule has 2 atom stereocenters. The van der Waals surface area contributed by atoms with Crippen molar-refractivity contribution in [1.82, 2.24) is 24.8 Å². The standard InChI is InChI=1S/C31H34FN5O3/c1-3-39-31(38)26-17-33-37(30(26)25-16-24(25)27-18-36(2)35-34-27)22-12-7-11-21(15-22)23-13-8-14-28(29(23)32)40-19-20-9-5-4-6-10-20/h7-8,11-15,17-18,20,24-25H,3-6,9-10,16,19H2,1-2H3. The van der Waals surface area contributed by atoms with E-state index >= 15 is 4.39 Å². The third-order valence-corrected chi connectivity index (χ3v) is 8.01. The number of halogens is 1. The third kappa shape index (κ3) is 5.24. The van der Waals surface area contributed by atoms with Crippen molar-refractivity contribution in [2.24, 2.45) is 13.0 Å². The lowest BCUT2D eigenvalue weighted by Gasteiger charge is -2.22. The van der Waals surface area contributed by atoms with E-state index in [0.717, 1.165) is 36.3 Å². The molecule has 40 heavy (non-hydrogen) atoms. The highest BCUT2D eigenvalue weighted by molar-refractivity contribution is 5.91. The fourth-order valence-corrected chi connectivity index (χ4v) is 5.86. The van der Waals surface area contributed by atoms with Crippen molar-refractivity contribution in [3.05, 3.63) is 77.6 Å². The molecule has 2 unspecified atom stereocenters. The Morgan fingerprint density at radius 2 is 1.93 bits per heavy atom. The fraction of sp³-hybridized carbons (Fsp3) is 0.419. The molecule has 9 heteroatoms. The number of carbonyl (C=O) groups is 1. The smallest absolute Gasteiger partial charge is 0.341 e. The number of aryl methyl sites for hydroxylation is 1. The van der Waals surface area contributed by atoms with Gasteiger partial charge in [0.25, 0.3) is 0 Å². The predicted molar refractivity (Wildman–Crippen MR) is 148 cm³/mol. The Morgan fingerprint density at radius 1 is 1.10 bits per heavy atom. The van der Waals surface area contributed by atoms with Crippen molar-refractivity contribution in [3.8, 4) is 22.6 Å². The van der Waals surface area contributed by atoms with E-state index in [1.54, 1.807) is 34.6 Å². The molecule has 0 saturated heterocycles. The van der Waals surface area contributed by atoms with Crippen LogP contribution in [-0.2, 0) is 11.8 Å². The third-order valence-electron chi connectivity index (χ3n) is 8.01. The fourth-order valence-electron chi connectivity index (χ4n) is 5.86. The van der Waals surface area contributed by atoms with Gasteiger partial charge >= 0.3 is 5.97 Å². The van der Waals surface area contributed by atoms with E-state index in [-0.39, 0.29) is 30.0 Å². The summed E-state index contributed by atoms with van der Waals surface area (Å²) < 4.78 is 30.4. The van der Waals surface area contributed by atoms with Crippen LogP contribution in [0.5, 0.6) is 5.75 Å². The first-order valence-electron chi connectivity index (χ1n) is 14.2. The summed E-state index contributed by atoms with van der Waals surface area (Å²) in [5.41, 5.74) is 4.01. The highest BCUT2D eigenvalue weighted by Gasteiger charge is 2.46. The molecule has 8 nitrogen and oxygen atoms in total. The van der Waals surface area contributed by atoms with E-state index in [1.807, 2.05) is 43.6 Å². The first-order chi connectivity index (χ1) is 19.5. The average Bonchev–Trinajstić information content (AvgIpc) is 3.42. The van der Waals surface area contributed by atoms with Gasteiger partial charge in [0, 0.05) is 30.6 Å². The SMILES string of the molecule is CCOC(=O)c1cnn(-c2cccc(-c3cccc(OCC4CCCCC4)c3F)c2)c1C1CC1c1cn(C)nn1. The molecular formula is C31H34FN5O3. The second-order valence-corrected chi connectivity index (χ2v) is 10.8. The van der Waals surface area contributed by atoms with Crippen molar-refractivity contribution in [2.75, 3.05) is 13.2 Å². The Morgan fingerprint density at radius 3 is 2.70 bits per heavy atom.